The Morgan fingerprint density at radius 2 is 1.96 bits per heavy atom. The lowest BCUT2D eigenvalue weighted by Crippen LogP contribution is -2.20. The highest BCUT2D eigenvalue weighted by atomic mass is 35.5. The second kappa shape index (κ2) is 7.07. The Hall–Kier alpha value is -2.31. The number of nitrogens with zero attached hydrogens (tertiary/aromatic N) is 4. The standard InChI is InChI=1S/C16H15Cl2N5O/c1-11-14(18)8-19-23(11)10-16(24)20-15-6-7-22(21-15)9-12-2-4-13(17)5-3-12/h2-8H,9-10H2,1H3,(H,20,21,24). The second-order valence-corrected chi connectivity index (χ2v) is 6.15. The van der Waals surface area contributed by atoms with Gasteiger partial charge in [-0.25, -0.2) is 0 Å². The van der Waals surface area contributed by atoms with Crippen molar-refractivity contribution in [3.05, 3.63) is 64.0 Å². The normalized spacial score (nSPS) is 10.8. The van der Waals surface area contributed by atoms with E-state index >= 15 is 0 Å². The molecule has 0 fully saturated rings. The Labute approximate surface area is 149 Å². The van der Waals surface area contributed by atoms with Gasteiger partial charge in [-0.3, -0.25) is 14.2 Å². The number of hydrogen-bond acceptors (Lipinski definition) is 3. The lowest BCUT2D eigenvalue weighted by atomic mass is 10.2. The van der Waals surface area contributed by atoms with Gasteiger partial charge in [-0.05, 0) is 24.6 Å². The van der Waals surface area contributed by atoms with Gasteiger partial charge in [0.1, 0.15) is 6.54 Å². The molecule has 0 saturated carbocycles. The van der Waals surface area contributed by atoms with Crippen molar-refractivity contribution in [2.24, 2.45) is 0 Å². The summed E-state index contributed by atoms with van der Waals surface area (Å²) in [5.74, 6) is 0.277. The van der Waals surface area contributed by atoms with E-state index in [0.717, 1.165) is 11.3 Å². The molecule has 0 saturated heterocycles. The molecule has 0 bridgehead atoms. The maximum atomic E-state index is 12.1. The highest BCUT2D eigenvalue weighted by Gasteiger charge is 2.10. The number of nitrogens with one attached hydrogen (secondary N) is 1. The van der Waals surface area contributed by atoms with Crippen LogP contribution in [-0.4, -0.2) is 25.5 Å². The van der Waals surface area contributed by atoms with E-state index in [9.17, 15) is 4.79 Å². The van der Waals surface area contributed by atoms with E-state index in [1.165, 1.54) is 6.20 Å². The predicted molar refractivity (Wildman–Crippen MR) is 93.4 cm³/mol. The average Bonchev–Trinajstić information content (AvgIpc) is 3.11. The number of carbonyl (C=O) groups is 1. The predicted octanol–water partition coefficient (Wildman–Crippen LogP) is 3.38. The highest BCUT2D eigenvalue weighted by Crippen LogP contribution is 2.14. The van der Waals surface area contributed by atoms with E-state index < -0.39 is 0 Å². The van der Waals surface area contributed by atoms with Crippen molar-refractivity contribution in [3.8, 4) is 0 Å². The van der Waals surface area contributed by atoms with E-state index in [2.05, 4.69) is 15.5 Å². The summed E-state index contributed by atoms with van der Waals surface area (Å²) in [6.07, 6.45) is 3.32. The van der Waals surface area contributed by atoms with Crippen LogP contribution in [0.15, 0.2) is 42.7 Å². The van der Waals surface area contributed by atoms with Gasteiger partial charge >= 0.3 is 0 Å². The van der Waals surface area contributed by atoms with Crippen molar-refractivity contribution < 1.29 is 4.79 Å². The maximum Gasteiger partial charge on any atom is 0.247 e. The average molecular weight is 364 g/mol. The molecule has 2 heterocycles. The Balaban J connectivity index is 1.60. The molecule has 8 heteroatoms. The summed E-state index contributed by atoms with van der Waals surface area (Å²) < 4.78 is 3.29. The first-order chi connectivity index (χ1) is 11.5. The molecule has 0 radical (unpaired) electrons. The molecule has 0 aliphatic carbocycles. The lowest BCUT2D eigenvalue weighted by Gasteiger charge is -2.05. The van der Waals surface area contributed by atoms with Crippen LogP contribution >= 0.6 is 23.2 Å². The minimum absolute atomic E-state index is 0.0859. The van der Waals surface area contributed by atoms with Crippen molar-refractivity contribution >= 4 is 34.9 Å². The molecule has 3 rings (SSSR count). The molecule has 124 valence electrons. The van der Waals surface area contributed by atoms with Crippen molar-refractivity contribution in [2.75, 3.05) is 5.32 Å². The lowest BCUT2D eigenvalue weighted by molar-refractivity contribution is -0.117. The van der Waals surface area contributed by atoms with Crippen LogP contribution in [0.3, 0.4) is 0 Å². The zero-order chi connectivity index (χ0) is 17.1. The number of aromatic nitrogens is 4. The monoisotopic (exact) mass is 363 g/mol. The Morgan fingerprint density at radius 3 is 2.62 bits per heavy atom. The SMILES string of the molecule is Cc1c(Cl)cnn1CC(=O)Nc1ccn(Cc2ccc(Cl)cc2)n1. The van der Waals surface area contributed by atoms with Gasteiger partial charge in [-0.15, -0.1) is 0 Å². The summed E-state index contributed by atoms with van der Waals surface area (Å²) >= 11 is 11.8. The smallest absolute Gasteiger partial charge is 0.247 e. The topological polar surface area (TPSA) is 64.7 Å². The molecule has 0 aliphatic heterocycles. The van der Waals surface area contributed by atoms with Crippen LogP contribution in [0.1, 0.15) is 11.3 Å². The van der Waals surface area contributed by atoms with Gasteiger partial charge in [-0.2, -0.15) is 10.2 Å². The van der Waals surface area contributed by atoms with Crippen LogP contribution in [0.4, 0.5) is 5.82 Å². The van der Waals surface area contributed by atoms with Crippen molar-refractivity contribution in [3.63, 3.8) is 0 Å². The summed E-state index contributed by atoms with van der Waals surface area (Å²) in [7, 11) is 0. The summed E-state index contributed by atoms with van der Waals surface area (Å²) in [5.41, 5.74) is 1.82. The maximum absolute atomic E-state index is 12.1. The zero-order valence-electron chi connectivity index (χ0n) is 12.9. The van der Waals surface area contributed by atoms with Crippen molar-refractivity contribution in [1.29, 1.82) is 0 Å². The highest BCUT2D eigenvalue weighted by molar-refractivity contribution is 6.31. The molecule has 1 amide bonds. The fourth-order valence-corrected chi connectivity index (χ4v) is 2.46. The third-order valence-corrected chi connectivity index (χ3v) is 4.13. The second-order valence-electron chi connectivity index (χ2n) is 5.31. The number of carbonyl (C=O) groups excluding carboxylic acids is 1. The first kappa shape index (κ1) is 16.5. The molecular formula is C16H15Cl2N5O. The Morgan fingerprint density at radius 1 is 1.21 bits per heavy atom. The first-order valence-electron chi connectivity index (χ1n) is 7.27. The molecular weight excluding hydrogens is 349 g/mol. The third kappa shape index (κ3) is 3.96. The molecule has 0 atom stereocenters. The molecule has 1 aromatic carbocycles. The molecule has 6 nitrogen and oxygen atoms in total. The number of amides is 1. The molecule has 0 unspecified atom stereocenters. The van der Waals surface area contributed by atoms with Crippen LogP contribution < -0.4 is 5.32 Å². The summed E-state index contributed by atoms with van der Waals surface area (Å²) in [5, 5.41) is 12.4. The molecule has 2 aromatic heterocycles. The van der Waals surface area contributed by atoms with E-state index in [0.29, 0.717) is 22.4 Å². The third-order valence-electron chi connectivity index (χ3n) is 3.50. The van der Waals surface area contributed by atoms with Gasteiger partial charge < -0.3 is 5.32 Å². The Kier molecular flexibility index (Phi) is 4.87. The quantitative estimate of drug-likeness (QED) is 0.755. The molecule has 3 aromatic rings. The van der Waals surface area contributed by atoms with Gasteiger partial charge in [0, 0.05) is 17.3 Å². The van der Waals surface area contributed by atoms with Gasteiger partial charge in [0.25, 0.3) is 0 Å². The fourth-order valence-electron chi connectivity index (χ4n) is 2.19. The van der Waals surface area contributed by atoms with Crippen LogP contribution in [0, 0.1) is 6.92 Å². The summed E-state index contributed by atoms with van der Waals surface area (Å²) in [6, 6.07) is 9.29. The zero-order valence-corrected chi connectivity index (χ0v) is 14.4. The number of benzene rings is 1. The summed E-state index contributed by atoms with van der Waals surface area (Å²) in [4.78, 5) is 12.1. The van der Waals surface area contributed by atoms with Crippen molar-refractivity contribution in [1.82, 2.24) is 19.6 Å². The number of anilines is 1. The summed E-state index contributed by atoms with van der Waals surface area (Å²) in [6.45, 7) is 2.49. The minimum atomic E-state index is -0.213. The fraction of sp³-hybridized carbons (Fsp3) is 0.188. The van der Waals surface area contributed by atoms with Crippen LogP contribution in [-0.2, 0) is 17.9 Å². The largest absolute Gasteiger partial charge is 0.308 e. The molecule has 0 aliphatic rings. The van der Waals surface area contributed by atoms with Crippen molar-refractivity contribution in [2.45, 2.75) is 20.0 Å². The number of rotatable bonds is 5. The molecule has 1 N–H and O–H groups in total. The van der Waals surface area contributed by atoms with Gasteiger partial charge in [0.05, 0.1) is 23.5 Å². The number of halogens is 2. The van der Waals surface area contributed by atoms with E-state index in [4.69, 9.17) is 23.2 Å². The Bertz CT molecular complexity index is 854. The van der Waals surface area contributed by atoms with E-state index in [1.807, 2.05) is 31.2 Å². The number of hydrogen-bond donors (Lipinski definition) is 1. The van der Waals surface area contributed by atoms with Crippen LogP contribution in [0.25, 0.3) is 0 Å². The van der Waals surface area contributed by atoms with Gasteiger partial charge in [-0.1, -0.05) is 35.3 Å². The molecule has 24 heavy (non-hydrogen) atoms. The van der Waals surface area contributed by atoms with Crippen LogP contribution in [0.5, 0.6) is 0 Å². The molecule has 0 spiro atoms. The minimum Gasteiger partial charge on any atom is -0.308 e. The van der Waals surface area contributed by atoms with Gasteiger partial charge in [0.15, 0.2) is 5.82 Å². The van der Waals surface area contributed by atoms with E-state index in [1.54, 1.807) is 21.6 Å². The van der Waals surface area contributed by atoms with E-state index in [-0.39, 0.29) is 12.5 Å². The first-order valence-corrected chi connectivity index (χ1v) is 8.02. The van der Waals surface area contributed by atoms with Gasteiger partial charge in [0.2, 0.25) is 5.91 Å². The van der Waals surface area contributed by atoms with Crippen LogP contribution in [0.2, 0.25) is 10.0 Å².